The molecule has 2 unspecified atom stereocenters. The van der Waals surface area contributed by atoms with Gasteiger partial charge >= 0.3 is 0 Å². The molecule has 0 radical (unpaired) electrons. The van der Waals surface area contributed by atoms with Crippen LogP contribution in [0.25, 0.3) is 0 Å². The molecule has 0 amide bonds. The average molecular weight is 207 g/mol. The van der Waals surface area contributed by atoms with E-state index >= 15 is 0 Å². The molecule has 0 bridgehead atoms. The number of carbonyl (C=O) groups is 1. The Kier molecular flexibility index (Phi) is 2.38. The van der Waals surface area contributed by atoms with Gasteiger partial charge in [-0.1, -0.05) is 13.3 Å². The zero-order valence-corrected chi connectivity index (χ0v) is 9.23. The second kappa shape index (κ2) is 3.45. The molecule has 0 aromatic carbocycles. The van der Waals surface area contributed by atoms with Gasteiger partial charge in [-0.3, -0.25) is 4.79 Å². The number of imidazole rings is 1. The highest BCUT2D eigenvalue weighted by Crippen LogP contribution is 2.39. The highest BCUT2D eigenvalue weighted by atomic mass is 16.1. The normalized spacial score (nSPS) is 30.7. The zero-order chi connectivity index (χ0) is 11.1. The molecule has 1 fully saturated rings. The highest BCUT2D eigenvalue weighted by Gasteiger charge is 2.43. The molecule has 15 heavy (non-hydrogen) atoms. The summed E-state index contributed by atoms with van der Waals surface area (Å²) >= 11 is 0. The van der Waals surface area contributed by atoms with Gasteiger partial charge in [0.05, 0.1) is 6.33 Å². The Balaban J connectivity index is 2.28. The summed E-state index contributed by atoms with van der Waals surface area (Å²) in [6, 6.07) is -0.0213. The quantitative estimate of drug-likeness (QED) is 0.739. The summed E-state index contributed by atoms with van der Waals surface area (Å²) in [6.45, 7) is 1.96. The molecule has 0 spiro atoms. The van der Waals surface area contributed by atoms with Gasteiger partial charge in [0.15, 0.2) is 5.78 Å². The fraction of sp³-hybridized carbons (Fsp3) is 0.636. The first-order chi connectivity index (χ1) is 7.04. The van der Waals surface area contributed by atoms with E-state index in [1.807, 2.05) is 14.0 Å². The van der Waals surface area contributed by atoms with Crippen LogP contribution in [0.2, 0.25) is 0 Å². The van der Waals surface area contributed by atoms with E-state index in [0.29, 0.717) is 5.69 Å². The molecule has 0 aliphatic heterocycles. The van der Waals surface area contributed by atoms with E-state index in [4.69, 9.17) is 5.73 Å². The first kappa shape index (κ1) is 10.4. The summed E-state index contributed by atoms with van der Waals surface area (Å²) in [4.78, 5) is 16.3. The lowest BCUT2D eigenvalue weighted by Crippen LogP contribution is -2.41. The Morgan fingerprint density at radius 2 is 2.47 bits per heavy atom. The summed E-state index contributed by atoms with van der Waals surface area (Å²) < 4.78 is 1.79. The van der Waals surface area contributed by atoms with Crippen molar-refractivity contribution >= 4 is 5.78 Å². The van der Waals surface area contributed by atoms with Crippen LogP contribution in [0.1, 0.15) is 36.7 Å². The van der Waals surface area contributed by atoms with Crippen LogP contribution in [0.5, 0.6) is 0 Å². The fourth-order valence-corrected chi connectivity index (χ4v) is 2.30. The predicted molar refractivity (Wildman–Crippen MR) is 57.5 cm³/mol. The molecule has 0 saturated heterocycles. The van der Waals surface area contributed by atoms with Gasteiger partial charge in [0.25, 0.3) is 0 Å². The molecule has 2 N–H and O–H groups in total. The molecule has 4 nitrogen and oxygen atoms in total. The van der Waals surface area contributed by atoms with Crippen LogP contribution in [-0.4, -0.2) is 21.4 Å². The SMILES string of the molecule is Cn1cnc(C(=O)C2(C)CCCC2N)c1. The number of ketones is 1. The minimum absolute atomic E-state index is 0.0213. The number of aromatic nitrogens is 2. The summed E-state index contributed by atoms with van der Waals surface area (Å²) in [5.74, 6) is 0.0908. The number of carbonyl (C=O) groups excluding carboxylic acids is 1. The van der Waals surface area contributed by atoms with Crippen molar-refractivity contribution in [2.24, 2.45) is 18.2 Å². The number of nitrogens with two attached hydrogens (primary N) is 1. The Bertz CT molecular complexity index is 385. The lowest BCUT2D eigenvalue weighted by molar-refractivity contribution is 0.0797. The van der Waals surface area contributed by atoms with Gasteiger partial charge in [-0.05, 0) is 12.8 Å². The van der Waals surface area contributed by atoms with Crippen molar-refractivity contribution in [2.75, 3.05) is 0 Å². The van der Waals surface area contributed by atoms with Gasteiger partial charge in [-0.15, -0.1) is 0 Å². The summed E-state index contributed by atoms with van der Waals surface area (Å²) in [6.07, 6.45) is 6.27. The van der Waals surface area contributed by atoms with Gasteiger partial charge < -0.3 is 10.3 Å². The maximum absolute atomic E-state index is 12.2. The summed E-state index contributed by atoms with van der Waals surface area (Å²) in [7, 11) is 1.86. The van der Waals surface area contributed by atoms with E-state index in [2.05, 4.69) is 4.98 Å². The average Bonchev–Trinajstić information content (AvgIpc) is 2.75. The van der Waals surface area contributed by atoms with Crippen LogP contribution in [0.3, 0.4) is 0 Å². The Labute approximate surface area is 89.5 Å². The maximum atomic E-state index is 12.2. The predicted octanol–water partition coefficient (Wildman–Crippen LogP) is 1.12. The van der Waals surface area contributed by atoms with Crippen LogP contribution in [0, 0.1) is 5.41 Å². The van der Waals surface area contributed by atoms with Crippen molar-refractivity contribution in [3.8, 4) is 0 Å². The molecule has 1 saturated carbocycles. The number of Topliss-reactive ketones (excluding diaryl/α,β-unsaturated/α-hetero) is 1. The Hall–Kier alpha value is -1.16. The first-order valence-corrected chi connectivity index (χ1v) is 5.32. The molecule has 2 atom stereocenters. The van der Waals surface area contributed by atoms with E-state index in [9.17, 15) is 4.79 Å². The Morgan fingerprint density at radius 1 is 1.73 bits per heavy atom. The smallest absolute Gasteiger partial charge is 0.190 e. The van der Waals surface area contributed by atoms with Crippen molar-refractivity contribution in [2.45, 2.75) is 32.2 Å². The van der Waals surface area contributed by atoms with Gasteiger partial charge in [0.1, 0.15) is 5.69 Å². The van der Waals surface area contributed by atoms with Crippen LogP contribution < -0.4 is 5.73 Å². The topological polar surface area (TPSA) is 60.9 Å². The number of hydrogen-bond donors (Lipinski definition) is 1. The van der Waals surface area contributed by atoms with Crippen molar-refractivity contribution in [3.05, 3.63) is 18.2 Å². The third kappa shape index (κ3) is 1.59. The lowest BCUT2D eigenvalue weighted by Gasteiger charge is -2.26. The molecule has 1 heterocycles. The molecular formula is C11H17N3O. The van der Waals surface area contributed by atoms with Crippen molar-refractivity contribution in [1.82, 2.24) is 9.55 Å². The molecule has 82 valence electrons. The molecule has 1 aromatic rings. The number of hydrogen-bond acceptors (Lipinski definition) is 3. The number of rotatable bonds is 2. The largest absolute Gasteiger partial charge is 0.340 e. The van der Waals surface area contributed by atoms with E-state index in [0.717, 1.165) is 19.3 Å². The molecule has 1 aliphatic carbocycles. The van der Waals surface area contributed by atoms with E-state index in [1.165, 1.54) is 0 Å². The standard InChI is InChI=1S/C11H17N3O/c1-11(5-3-4-9(11)12)10(15)8-6-14(2)7-13-8/h6-7,9H,3-5,12H2,1-2H3. The summed E-state index contributed by atoms with van der Waals surface area (Å²) in [5, 5.41) is 0. The van der Waals surface area contributed by atoms with Gasteiger partial charge in [0.2, 0.25) is 0 Å². The van der Waals surface area contributed by atoms with Crippen LogP contribution in [0.15, 0.2) is 12.5 Å². The van der Waals surface area contributed by atoms with Gasteiger partial charge in [0, 0.05) is 24.7 Å². The second-order valence-electron chi connectivity index (χ2n) is 4.67. The molecule has 2 rings (SSSR count). The van der Waals surface area contributed by atoms with E-state index in [1.54, 1.807) is 17.1 Å². The third-order valence-electron chi connectivity index (χ3n) is 3.49. The first-order valence-electron chi connectivity index (χ1n) is 5.32. The minimum Gasteiger partial charge on any atom is -0.340 e. The number of nitrogens with zero attached hydrogens (tertiary/aromatic N) is 2. The molecule has 1 aromatic heterocycles. The fourth-order valence-electron chi connectivity index (χ4n) is 2.30. The second-order valence-corrected chi connectivity index (χ2v) is 4.67. The molecular weight excluding hydrogens is 190 g/mol. The highest BCUT2D eigenvalue weighted by molar-refractivity contribution is 5.99. The molecule has 4 heteroatoms. The Morgan fingerprint density at radius 3 is 2.93 bits per heavy atom. The summed E-state index contributed by atoms with van der Waals surface area (Å²) in [5.41, 5.74) is 6.13. The van der Waals surface area contributed by atoms with E-state index in [-0.39, 0.29) is 11.8 Å². The van der Waals surface area contributed by atoms with Crippen molar-refractivity contribution in [1.29, 1.82) is 0 Å². The number of aryl methyl sites for hydroxylation is 1. The minimum atomic E-state index is -0.408. The monoisotopic (exact) mass is 207 g/mol. The van der Waals surface area contributed by atoms with Crippen molar-refractivity contribution in [3.63, 3.8) is 0 Å². The van der Waals surface area contributed by atoms with Crippen LogP contribution in [-0.2, 0) is 7.05 Å². The van der Waals surface area contributed by atoms with Crippen molar-refractivity contribution < 1.29 is 4.79 Å². The van der Waals surface area contributed by atoms with Crippen LogP contribution in [0.4, 0.5) is 0 Å². The van der Waals surface area contributed by atoms with Crippen LogP contribution >= 0.6 is 0 Å². The van der Waals surface area contributed by atoms with Gasteiger partial charge in [-0.2, -0.15) is 0 Å². The molecule has 1 aliphatic rings. The zero-order valence-electron chi connectivity index (χ0n) is 9.23. The van der Waals surface area contributed by atoms with Gasteiger partial charge in [-0.25, -0.2) is 4.98 Å². The third-order valence-corrected chi connectivity index (χ3v) is 3.49. The van der Waals surface area contributed by atoms with E-state index < -0.39 is 5.41 Å². The lowest BCUT2D eigenvalue weighted by atomic mass is 9.79. The maximum Gasteiger partial charge on any atom is 0.190 e.